The molecule has 0 saturated heterocycles. The molecule has 0 aromatic carbocycles. The van der Waals surface area contributed by atoms with Gasteiger partial charge in [-0.3, -0.25) is 4.79 Å². The summed E-state index contributed by atoms with van der Waals surface area (Å²) in [4.78, 5) is 11.8. The van der Waals surface area contributed by atoms with Gasteiger partial charge in [-0.1, -0.05) is 40.5 Å². The van der Waals surface area contributed by atoms with Crippen molar-refractivity contribution in [2.75, 3.05) is 0 Å². The maximum absolute atomic E-state index is 11.8. The van der Waals surface area contributed by atoms with Crippen molar-refractivity contribution in [2.24, 2.45) is 23.2 Å². The van der Waals surface area contributed by atoms with Crippen LogP contribution in [-0.4, -0.2) is 11.1 Å². The fraction of sp³-hybridized carbons (Fsp3) is 0.933. The molecule has 1 saturated carbocycles. The van der Waals surface area contributed by atoms with Crippen LogP contribution in [0.4, 0.5) is 0 Å². The van der Waals surface area contributed by atoms with Gasteiger partial charge in [0.1, 0.15) is 0 Å². The van der Waals surface area contributed by atoms with Crippen LogP contribution < -0.4 is 0 Å². The summed E-state index contributed by atoms with van der Waals surface area (Å²) in [5.41, 5.74) is -0.434. The van der Waals surface area contributed by atoms with Crippen LogP contribution in [0.5, 0.6) is 0 Å². The molecule has 0 bridgehead atoms. The first kappa shape index (κ1) is 14.5. The van der Waals surface area contributed by atoms with Gasteiger partial charge in [0.15, 0.2) is 0 Å². The van der Waals surface area contributed by atoms with Crippen molar-refractivity contribution >= 4 is 5.97 Å². The molecule has 0 amide bonds. The van der Waals surface area contributed by atoms with Gasteiger partial charge in [-0.2, -0.15) is 0 Å². The predicted molar refractivity (Wildman–Crippen MR) is 70.9 cm³/mol. The van der Waals surface area contributed by atoms with E-state index in [1.165, 1.54) is 6.42 Å². The highest BCUT2D eigenvalue weighted by atomic mass is 16.4. The third-order valence-electron chi connectivity index (χ3n) is 4.16. The lowest BCUT2D eigenvalue weighted by atomic mass is 9.60. The number of hydrogen-bond acceptors (Lipinski definition) is 1. The number of carboxylic acid groups (broad SMARTS) is 1. The van der Waals surface area contributed by atoms with E-state index in [-0.39, 0.29) is 0 Å². The molecule has 1 aliphatic carbocycles. The van der Waals surface area contributed by atoms with Crippen LogP contribution >= 0.6 is 0 Å². The van der Waals surface area contributed by atoms with Gasteiger partial charge >= 0.3 is 5.97 Å². The average molecular weight is 240 g/mol. The summed E-state index contributed by atoms with van der Waals surface area (Å²) < 4.78 is 0. The highest BCUT2D eigenvalue weighted by Gasteiger charge is 2.47. The maximum atomic E-state index is 11.8. The molecule has 2 heteroatoms. The summed E-state index contributed by atoms with van der Waals surface area (Å²) in [6.07, 6.45) is 6.21. The molecule has 2 atom stereocenters. The van der Waals surface area contributed by atoms with Crippen LogP contribution in [0.3, 0.4) is 0 Å². The normalized spacial score (nSPS) is 29.9. The molecule has 0 aromatic heterocycles. The van der Waals surface area contributed by atoms with Crippen LogP contribution in [0.15, 0.2) is 0 Å². The largest absolute Gasteiger partial charge is 0.481 e. The topological polar surface area (TPSA) is 37.3 Å². The Kier molecular flexibility index (Phi) is 5.03. The zero-order chi connectivity index (χ0) is 13.1. The fourth-order valence-corrected chi connectivity index (χ4v) is 3.59. The van der Waals surface area contributed by atoms with Gasteiger partial charge in [0, 0.05) is 0 Å². The van der Waals surface area contributed by atoms with Crippen LogP contribution in [0, 0.1) is 23.2 Å². The Morgan fingerprint density at radius 1 is 1.24 bits per heavy atom. The lowest BCUT2D eigenvalue weighted by molar-refractivity contribution is -0.157. The molecule has 17 heavy (non-hydrogen) atoms. The molecule has 0 aromatic rings. The molecular weight excluding hydrogens is 212 g/mol. The van der Waals surface area contributed by atoms with Gasteiger partial charge in [0.25, 0.3) is 0 Å². The average Bonchev–Trinajstić information content (AvgIpc) is 2.19. The minimum atomic E-state index is -0.545. The summed E-state index contributed by atoms with van der Waals surface area (Å²) in [7, 11) is 0. The predicted octanol–water partition coefficient (Wildman–Crippen LogP) is 4.34. The SMILES string of the molecule is CC(C)CC1CCCCC1(CC(C)C)C(=O)O. The Hall–Kier alpha value is -0.530. The lowest BCUT2D eigenvalue weighted by Crippen LogP contribution is -2.42. The van der Waals surface area contributed by atoms with Crippen molar-refractivity contribution in [3.8, 4) is 0 Å². The Balaban J connectivity index is 2.91. The minimum absolute atomic E-state index is 0.385. The van der Waals surface area contributed by atoms with Crippen molar-refractivity contribution in [1.82, 2.24) is 0 Å². The van der Waals surface area contributed by atoms with Crippen molar-refractivity contribution in [3.05, 3.63) is 0 Å². The van der Waals surface area contributed by atoms with Crippen LogP contribution in [0.25, 0.3) is 0 Å². The number of carbonyl (C=O) groups is 1. The van der Waals surface area contributed by atoms with Gasteiger partial charge in [-0.15, -0.1) is 0 Å². The van der Waals surface area contributed by atoms with Crippen molar-refractivity contribution < 1.29 is 9.90 Å². The van der Waals surface area contributed by atoms with E-state index in [1.54, 1.807) is 0 Å². The second-order valence-electron chi connectivity index (χ2n) is 6.63. The first-order chi connectivity index (χ1) is 7.88. The molecule has 1 rings (SSSR count). The second-order valence-corrected chi connectivity index (χ2v) is 6.63. The van der Waals surface area contributed by atoms with E-state index < -0.39 is 11.4 Å². The second kappa shape index (κ2) is 5.88. The molecule has 2 nitrogen and oxygen atoms in total. The van der Waals surface area contributed by atoms with Crippen LogP contribution in [0.1, 0.15) is 66.2 Å². The molecule has 1 fully saturated rings. The first-order valence-corrected chi connectivity index (χ1v) is 7.12. The van der Waals surface area contributed by atoms with Crippen molar-refractivity contribution in [3.63, 3.8) is 0 Å². The Morgan fingerprint density at radius 3 is 2.35 bits per heavy atom. The summed E-state index contributed by atoms with van der Waals surface area (Å²) in [5.74, 6) is 0.913. The summed E-state index contributed by atoms with van der Waals surface area (Å²) in [6, 6.07) is 0. The zero-order valence-electron chi connectivity index (χ0n) is 11.8. The Bertz CT molecular complexity index is 258. The number of carboxylic acids is 1. The molecule has 0 heterocycles. The molecule has 100 valence electrons. The number of rotatable bonds is 5. The quantitative estimate of drug-likeness (QED) is 0.776. The Morgan fingerprint density at radius 2 is 1.88 bits per heavy atom. The number of aliphatic carboxylic acids is 1. The highest BCUT2D eigenvalue weighted by Crippen LogP contribution is 2.48. The lowest BCUT2D eigenvalue weighted by Gasteiger charge is -2.43. The third-order valence-corrected chi connectivity index (χ3v) is 4.16. The van der Waals surface area contributed by atoms with Gasteiger partial charge in [-0.25, -0.2) is 0 Å². The minimum Gasteiger partial charge on any atom is -0.481 e. The van der Waals surface area contributed by atoms with Gasteiger partial charge in [0.05, 0.1) is 5.41 Å². The van der Waals surface area contributed by atoms with E-state index in [9.17, 15) is 9.90 Å². The fourth-order valence-electron chi connectivity index (χ4n) is 3.59. The zero-order valence-corrected chi connectivity index (χ0v) is 11.8. The summed E-state index contributed by atoms with van der Waals surface area (Å²) in [6.45, 7) is 8.70. The monoisotopic (exact) mass is 240 g/mol. The molecular formula is C15H28O2. The standard InChI is InChI=1S/C15H28O2/c1-11(2)9-13-7-5-6-8-15(13,14(16)17)10-12(3)4/h11-13H,5-10H2,1-4H3,(H,16,17). The highest BCUT2D eigenvalue weighted by molar-refractivity contribution is 5.75. The molecule has 0 spiro atoms. The molecule has 2 unspecified atom stereocenters. The van der Waals surface area contributed by atoms with E-state index in [2.05, 4.69) is 27.7 Å². The maximum Gasteiger partial charge on any atom is 0.309 e. The summed E-state index contributed by atoms with van der Waals surface area (Å²) in [5, 5.41) is 9.72. The third kappa shape index (κ3) is 3.46. The van der Waals surface area contributed by atoms with E-state index in [0.717, 1.165) is 32.1 Å². The smallest absolute Gasteiger partial charge is 0.309 e. The molecule has 0 radical (unpaired) electrons. The van der Waals surface area contributed by atoms with Crippen molar-refractivity contribution in [2.45, 2.75) is 66.2 Å². The van der Waals surface area contributed by atoms with Gasteiger partial charge < -0.3 is 5.11 Å². The number of hydrogen-bond donors (Lipinski definition) is 1. The molecule has 0 aliphatic heterocycles. The molecule has 1 aliphatic rings. The van der Waals surface area contributed by atoms with E-state index in [4.69, 9.17) is 0 Å². The first-order valence-electron chi connectivity index (χ1n) is 7.12. The van der Waals surface area contributed by atoms with Gasteiger partial charge in [0.2, 0.25) is 0 Å². The Labute approximate surface area is 106 Å². The van der Waals surface area contributed by atoms with Crippen LogP contribution in [0.2, 0.25) is 0 Å². The van der Waals surface area contributed by atoms with Gasteiger partial charge in [-0.05, 0) is 43.4 Å². The van der Waals surface area contributed by atoms with E-state index in [0.29, 0.717) is 17.8 Å². The van der Waals surface area contributed by atoms with E-state index >= 15 is 0 Å². The summed E-state index contributed by atoms with van der Waals surface area (Å²) >= 11 is 0. The molecule has 1 N–H and O–H groups in total. The van der Waals surface area contributed by atoms with E-state index in [1.807, 2.05) is 0 Å². The van der Waals surface area contributed by atoms with Crippen molar-refractivity contribution in [1.29, 1.82) is 0 Å². The van der Waals surface area contributed by atoms with Crippen LogP contribution in [-0.2, 0) is 4.79 Å².